The number of hydrogen-bond acceptors (Lipinski definition) is 2. The number of aromatic nitrogens is 2. The molecule has 6 heteroatoms. The number of carboxylic acid groups (broad SMARTS) is 1. The maximum atomic E-state index is 13.5. The molecule has 0 aliphatic heterocycles. The minimum absolute atomic E-state index is 0.258. The Labute approximate surface area is 131 Å². The highest BCUT2D eigenvalue weighted by atomic mass is 19.2. The molecule has 0 saturated heterocycles. The largest absolute Gasteiger partial charge is 0.480 e. The molecule has 118 valence electrons. The van der Waals surface area contributed by atoms with Gasteiger partial charge in [-0.05, 0) is 12.0 Å². The van der Waals surface area contributed by atoms with Gasteiger partial charge in [0.25, 0.3) is 0 Å². The zero-order valence-corrected chi connectivity index (χ0v) is 12.2. The molecule has 0 saturated carbocycles. The first-order valence-corrected chi connectivity index (χ1v) is 7.14. The number of imidazole rings is 1. The topological polar surface area (TPSA) is 55.1 Å². The van der Waals surface area contributed by atoms with Crippen LogP contribution in [-0.2, 0) is 24.2 Å². The van der Waals surface area contributed by atoms with Crippen molar-refractivity contribution in [3.63, 3.8) is 0 Å². The summed E-state index contributed by atoms with van der Waals surface area (Å²) in [7, 11) is 0. The van der Waals surface area contributed by atoms with Crippen molar-refractivity contribution < 1.29 is 18.7 Å². The lowest BCUT2D eigenvalue weighted by Gasteiger charge is -2.06. The summed E-state index contributed by atoms with van der Waals surface area (Å²) >= 11 is 0. The number of aryl methyl sites for hydroxylation is 2. The van der Waals surface area contributed by atoms with Crippen LogP contribution in [-0.4, -0.2) is 20.6 Å². The van der Waals surface area contributed by atoms with Gasteiger partial charge in [0.1, 0.15) is 12.4 Å². The van der Waals surface area contributed by atoms with Crippen molar-refractivity contribution in [2.24, 2.45) is 0 Å². The molecule has 0 amide bonds. The Balaban J connectivity index is 1.99. The van der Waals surface area contributed by atoms with Crippen molar-refractivity contribution in [1.82, 2.24) is 9.55 Å². The smallest absolute Gasteiger partial charge is 0.323 e. The summed E-state index contributed by atoms with van der Waals surface area (Å²) in [5.74, 6) is -2.57. The summed E-state index contributed by atoms with van der Waals surface area (Å²) in [6, 6.07) is 11.7. The van der Waals surface area contributed by atoms with Crippen molar-refractivity contribution in [3.05, 3.63) is 65.5 Å². The number of carboxylic acids is 1. The lowest BCUT2D eigenvalue weighted by atomic mass is 10.1. The summed E-state index contributed by atoms with van der Waals surface area (Å²) in [6.07, 6.45) is 1.14. The molecule has 23 heavy (non-hydrogen) atoms. The van der Waals surface area contributed by atoms with E-state index in [-0.39, 0.29) is 17.6 Å². The molecule has 0 bridgehead atoms. The zero-order chi connectivity index (χ0) is 16.4. The van der Waals surface area contributed by atoms with Crippen LogP contribution in [0.2, 0.25) is 0 Å². The van der Waals surface area contributed by atoms with E-state index in [9.17, 15) is 13.6 Å². The maximum absolute atomic E-state index is 13.5. The van der Waals surface area contributed by atoms with Crippen LogP contribution in [0, 0.1) is 11.6 Å². The van der Waals surface area contributed by atoms with Crippen LogP contribution in [0.4, 0.5) is 8.78 Å². The fraction of sp³-hybridized carbons (Fsp3) is 0.176. The molecule has 0 aliphatic rings. The molecule has 0 radical (unpaired) electrons. The number of aliphatic carboxylic acids is 1. The first-order chi connectivity index (χ1) is 11.0. The van der Waals surface area contributed by atoms with E-state index in [0.29, 0.717) is 18.7 Å². The van der Waals surface area contributed by atoms with Crippen molar-refractivity contribution in [3.8, 4) is 0 Å². The molecule has 3 aromatic rings. The number of hydrogen-bond donors (Lipinski definition) is 1. The Morgan fingerprint density at radius 3 is 2.48 bits per heavy atom. The van der Waals surface area contributed by atoms with Gasteiger partial charge in [0, 0.05) is 18.6 Å². The molecule has 0 spiro atoms. The number of nitrogens with zero attached hydrogens (tertiary/aromatic N) is 2. The van der Waals surface area contributed by atoms with Gasteiger partial charge in [0.2, 0.25) is 0 Å². The average Bonchev–Trinajstić information content (AvgIpc) is 2.83. The number of carbonyl (C=O) groups is 1. The second-order valence-electron chi connectivity index (χ2n) is 5.25. The van der Waals surface area contributed by atoms with Gasteiger partial charge < -0.3 is 9.67 Å². The summed E-state index contributed by atoms with van der Waals surface area (Å²) in [4.78, 5) is 15.3. The van der Waals surface area contributed by atoms with Crippen LogP contribution in [0.1, 0.15) is 11.4 Å². The lowest BCUT2D eigenvalue weighted by molar-refractivity contribution is -0.137. The van der Waals surface area contributed by atoms with Crippen molar-refractivity contribution in [1.29, 1.82) is 0 Å². The molecule has 3 rings (SSSR count). The first kappa shape index (κ1) is 15.1. The van der Waals surface area contributed by atoms with Crippen molar-refractivity contribution in [2.45, 2.75) is 19.4 Å². The SMILES string of the molecule is O=C(O)Cn1c(CCc2ccccc2)nc2cc(F)c(F)cc21. The first-order valence-electron chi connectivity index (χ1n) is 7.14. The molecule has 0 fully saturated rings. The summed E-state index contributed by atoms with van der Waals surface area (Å²) in [5.41, 5.74) is 1.63. The van der Waals surface area contributed by atoms with Crippen LogP contribution in [0.5, 0.6) is 0 Å². The summed E-state index contributed by atoms with van der Waals surface area (Å²) < 4.78 is 28.2. The van der Waals surface area contributed by atoms with E-state index in [1.54, 1.807) is 0 Å². The third kappa shape index (κ3) is 3.21. The van der Waals surface area contributed by atoms with E-state index in [4.69, 9.17) is 5.11 Å². The van der Waals surface area contributed by atoms with Crippen LogP contribution < -0.4 is 0 Å². The third-order valence-electron chi connectivity index (χ3n) is 3.64. The fourth-order valence-corrected chi connectivity index (χ4v) is 2.57. The molecule has 1 N–H and O–H groups in total. The van der Waals surface area contributed by atoms with E-state index >= 15 is 0 Å². The average molecular weight is 316 g/mol. The predicted octanol–water partition coefficient (Wildman–Crippen LogP) is 3.18. The van der Waals surface area contributed by atoms with Gasteiger partial charge in [-0.25, -0.2) is 13.8 Å². The molecule has 2 aromatic carbocycles. The van der Waals surface area contributed by atoms with Crippen LogP contribution in [0.3, 0.4) is 0 Å². The molecule has 1 aromatic heterocycles. The van der Waals surface area contributed by atoms with E-state index in [0.717, 1.165) is 17.7 Å². The molecule has 1 heterocycles. The summed E-state index contributed by atoms with van der Waals surface area (Å²) in [6.45, 7) is -0.342. The Morgan fingerprint density at radius 2 is 1.78 bits per heavy atom. The Bertz CT molecular complexity index is 860. The molecule has 0 atom stereocenters. The molecule has 0 aliphatic carbocycles. The predicted molar refractivity (Wildman–Crippen MR) is 81.1 cm³/mol. The number of halogens is 2. The highest BCUT2D eigenvalue weighted by Gasteiger charge is 2.16. The number of fused-ring (bicyclic) bond motifs is 1. The molecule has 4 nitrogen and oxygen atoms in total. The van der Waals surface area contributed by atoms with Crippen LogP contribution in [0.25, 0.3) is 11.0 Å². The summed E-state index contributed by atoms with van der Waals surface area (Å²) in [5, 5.41) is 9.06. The Kier molecular flexibility index (Phi) is 4.06. The quantitative estimate of drug-likeness (QED) is 0.786. The van der Waals surface area contributed by atoms with Gasteiger partial charge >= 0.3 is 5.97 Å². The van der Waals surface area contributed by atoms with Crippen molar-refractivity contribution >= 4 is 17.0 Å². The molecule has 0 unspecified atom stereocenters. The van der Waals surface area contributed by atoms with Crippen LogP contribution in [0.15, 0.2) is 42.5 Å². The van der Waals surface area contributed by atoms with Gasteiger partial charge in [-0.2, -0.15) is 0 Å². The Hall–Kier alpha value is -2.76. The van der Waals surface area contributed by atoms with E-state index in [1.165, 1.54) is 4.57 Å². The molecular formula is C17H14F2N2O2. The second kappa shape index (κ2) is 6.16. The van der Waals surface area contributed by atoms with Gasteiger partial charge in [0.05, 0.1) is 11.0 Å². The zero-order valence-electron chi connectivity index (χ0n) is 12.2. The maximum Gasteiger partial charge on any atom is 0.323 e. The number of rotatable bonds is 5. The standard InChI is InChI=1S/C17H14F2N2O2/c18-12-8-14-15(9-13(12)19)21(10-17(22)23)16(20-14)7-6-11-4-2-1-3-5-11/h1-5,8-9H,6-7,10H2,(H,22,23). The monoisotopic (exact) mass is 316 g/mol. The van der Waals surface area contributed by atoms with Gasteiger partial charge in [-0.1, -0.05) is 30.3 Å². The van der Waals surface area contributed by atoms with E-state index in [2.05, 4.69) is 4.98 Å². The van der Waals surface area contributed by atoms with Crippen molar-refractivity contribution in [2.75, 3.05) is 0 Å². The number of benzene rings is 2. The van der Waals surface area contributed by atoms with Gasteiger partial charge in [0.15, 0.2) is 11.6 Å². The fourth-order valence-electron chi connectivity index (χ4n) is 2.57. The van der Waals surface area contributed by atoms with Gasteiger partial charge in [-0.15, -0.1) is 0 Å². The van der Waals surface area contributed by atoms with E-state index < -0.39 is 17.6 Å². The second-order valence-corrected chi connectivity index (χ2v) is 5.25. The molecular weight excluding hydrogens is 302 g/mol. The normalized spacial score (nSPS) is 11.0. The Morgan fingerprint density at radius 1 is 1.09 bits per heavy atom. The minimum Gasteiger partial charge on any atom is -0.480 e. The highest BCUT2D eigenvalue weighted by Crippen LogP contribution is 2.21. The highest BCUT2D eigenvalue weighted by molar-refractivity contribution is 5.78. The van der Waals surface area contributed by atoms with E-state index in [1.807, 2.05) is 30.3 Å². The minimum atomic E-state index is -1.06. The lowest BCUT2D eigenvalue weighted by Crippen LogP contribution is -2.12. The van der Waals surface area contributed by atoms with Gasteiger partial charge in [-0.3, -0.25) is 4.79 Å². The third-order valence-corrected chi connectivity index (χ3v) is 3.64. The van der Waals surface area contributed by atoms with Crippen LogP contribution >= 0.6 is 0 Å².